The van der Waals surface area contributed by atoms with E-state index in [1.807, 2.05) is 0 Å². The standard InChI is InChI=1S/C25H23ClO6P/c1-4-31-20-15-14-17(22(27)16-10-7-6-8-11-16)23(32-5-2)24(20)33(29)25(28)21-18(26)12-9-13-19(21)30-3/h6-15H,4-5H2,1-3H3/q+1. The average molecular weight is 486 g/mol. The van der Waals surface area contributed by atoms with Gasteiger partial charge in [-0.15, -0.1) is 0 Å². The van der Waals surface area contributed by atoms with Gasteiger partial charge < -0.3 is 14.2 Å². The fraction of sp³-hybridized carbons (Fsp3) is 0.200. The van der Waals surface area contributed by atoms with E-state index in [-0.39, 0.29) is 57.7 Å². The maximum Gasteiger partial charge on any atom is 0.466 e. The van der Waals surface area contributed by atoms with E-state index in [1.165, 1.54) is 19.2 Å². The molecule has 0 heterocycles. The molecule has 0 aliphatic carbocycles. The second-order valence-electron chi connectivity index (χ2n) is 6.77. The van der Waals surface area contributed by atoms with E-state index >= 15 is 0 Å². The summed E-state index contributed by atoms with van der Waals surface area (Å²) in [6, 6.07) is 16.4. The number of methoxy groups -OCH3 is 1. The number of ketones is 1. The van der Waals surface area contributed by atoms with E-state index in [4.69, 9.17) is 25.8 Å². The van der Waals surface area contributed by atoms with Crippen LogP contribution in [0.15, 0.2) is 60.7 Å². The second-order valence-corrected chi connectivity index (χ2v) is 8.62. The summed E-state index contributed by atoms with van der Waals surface area (Å²) in [6.07, 6.45) is 0. The zero-order valence-corrected chi connectivity index (χ0v) is 20.1. The van der Waals surface area contributed by atoms with E-state index in [9.17, 15) is 14.2 Å². The lowest BCUT2D eigenvalue weighted by Gasteiger charge is -2.13. The van der Waals surface area contributed by atoms with Gasteiger partial charge in [-0.3, -0.25) is 4.79 Å². The fourth-order valence-corrected chi connectivity index (χ4v) is 4.98. The summed E-state index contributed by atoms with van der Waals surface area (Å²) in [7, 11) is -1.39. The molecule has 33 heavy (non-hydrogen) atoms. The van der Waals surface area contributed by atoms with Gasteiger partial charge in [0.05, 0.1) is 30.9 Å². The monoisotopic (exact) mass is 485 g/mol. The van der Waals surface area contributed by atoms with E-state index < -0.39 is 13.3 Å². The molecule has 0 spiro atoms. The molecule has 0 saturated carbocycles. The van der Waals surface area contributed by atoms with Crippen LogP contribution in [-0.2, 0) is 4.57 Å². The summed E-state index contributed by atoms with van der Waals surface area (Å²) < 4.78 is 30.4. The lowest BCUT2D eigenvalue weighted by atomic mass is 10.0. The number of halogens is 1. The van der Waals surface area contributed by atoms with Gasteiger partial charge in [0.1, 0.15) is 11.3 Å². The summed E-state index contributed by atoms with van der Waals surface area (Å²) in [5, 5.41) is 0.123. The van der Waals surface area contributed by atoms with Crippen LogP contribution < -0.4 is 19.5 Å². The molecule has 0 fully saturated rings. The topological polar surface area (TPSA) is 78.9 Å². The van der Waals surface area contributed by atoms with E-state index in [0.717, 1.165) is 0 Å². The number of benzene rings is 3. The second kappa shape index (κ2) is 11.1. The Morgan fingerprint density at radius 1 is 0.879 bits per heavy atom. The third-order valence-corrected chi connectivity index (χ3v) is 6.50. The molecule has 0 radical (unpaired) electrons. The van der Waals surface area contributed by atoms with Crippen LogP contribution in [-0.4, -0.2) is 31.6 Å². The quantitative estimate of drug-likeness (QED) is 0.272. The fourth-order valence-electron chi connectivity index (χ4n) is 3.32. The molecule has 3 aromatic rings. The number of hydrogen-bond acceptors (Lipinski definition) is 6. The van der Waals surface area contributed by atoms with Crippen molar-refractivity contribution in [1.29, 1.82) is 0 Å². The van der Waals surface area contributed by atoms with Crippen LogP contribution in [0.2, 0.25) is 5.02 Å². The van der Waals surface area contributed by atoms with Gasteiger partial charge in [0.2, 0.25) is 0 Å². The van der Waals surface area contributed by atoms with Gasteiger partial charge in [-0.1, -0.05) is 52.6 Å². The van der Waals surface area contributed by atoms with Gasteiger partial charge >= 0.3 is 13.3 Å². The lowest BCUT2D eigenvalue weighted by Crippen LogP contribution is -2.18. The van der Waals surface area contributed by atoms with Crippen molar-refractivity contribution in [2.24, 2.45) is 0 Å². The van der Waals surface area contributed by atoms with Crippen LogP contribution in [0, 0.1) is 0 Å². The zero-order valence-electron chi connectivity index (χ0n) is 18.5. The molecular formula is C25H23ClO6P+. The SMILES string of the molecule is CCOc1ccc(C(=O)c2ccccc2)c(OCC)c1[P+](=O)C(=O)c1c(Cl)cccc1OC. The number of hydrogen-bond donors (Lipinski definition) is 0. The normalized spacial score (nSPS) is 11.0. The maximum atomic E-state index is 13.7. The van der Waals surface area contributed by atoms with Crippen molar-refractivity contribution in [3.63, 3.8) is 0 Å². The zero-order chi connectivity index (χ0) is 24.0. The molecule has 0 N–H and O–H groups in total. The Bertz CT molecular complexity index is 1190. The highest BCUT2D eigenvalue weighted by Crippen LogP contribution is 2.41. The van der Waals surface area contributed by atoms with E-state index in [2.05, 4.69) is 0 Å². The first kappa shape index (κ1) is 24.4. The van der Waals surface area contributed by atoms with Crippen molar-refractivity contribution in [2.45, 2.75) is 13.8 Å². The van der Waals surface area contributed by atoms with Gasteiger partial charge in [-0.05, 0) is 38.1 Å². The summed E-state index contributed by atoms with van der Waals surface area (Å²) in [5.41, 5.74) is -0.141. The number of carbonyl (C=O) groups is 2. The van der Waals surface area contributed by atoms with Crippen LogP contribution in [0.5, 0.6) is 17.2 Å². The van der Waals surface area contributed by atoms with Gasteiger partial charge in [0.25, 0.3) is 5.30 Å². The van der Waals surface area contributed by atoms with Crippen molar-refractivity contribution in [2.75, 3.05) is 20.3 Å². The summed E-state index contributed by atoms with van der Waals surface area (Å²) >= 11 is 6.25. The minimum absolute atomic E-state index is 0.00698. The molecule has 0 amide bonds. The van der Waals surface area contributed by atoms with Crippen molar-refractivity contribution >= 4 is 36.0 Å². The molecule has 1 unspecified atom stereocenters. The average Bonchev–Trinajstić information content (AvgIpc) is 2.83. The first-order valence-corrected chi connectivity index (χ1v) is 11.9. The largest absolute Gasteiger partial charge is 0.496 e. The predicted molar refractivity (Wildman–Crippen MR) is 128 cm³/mol. The van der Waals surface area contributed by atoms with E-state index in [0.29, 0.717) is 5.56 Å². The Morgan fingerprint density at radius 3 is 2.21 bits per heavy atom. The van der Waals surface area contributed by atoms with Gasteiger partial charge in [0, 0.05) is 5.56 Å². The van der Waals surface area contributed by atoms with Crippen molar-refractivity contribution in [3.8, 4) is 17.2 Å². The molecule has 0 aliphatic rings. The molecule has 0 aromatic heterocycles. The van der Waals surface area contributed by atoms with Gasteiger partial charge in [-0.25, -0.2) is 4.79 Å². The van der Waals surface area contributed by atoms with Crippen molar-refractivity contribution in [1.82, 2.24) is 0 Å². The summed E-state index contributed by atoms with van der Waals surface area (Å²) in [5.74, 6) is 0.127. The number of ether oxygens (including phenoxy) is 3. The first-order valence-electron chi connectivity index (χ1n) is 10.3. The minimum Gasteiger partial charge on any atom is -0.496 e. The third-order valence-electron chi connectivity index (χ3n) is 4.76. The Morgan fingerprint density at radius 2 is 1.58 bits per heavy atom. The Balaban J connectivity index is 2.21. The Kier molecular flexibility index (Phi) is 8.21. The lowest BCUT2D eigenvalue weighted by molar-refractivity contribution is 0.103. The predicted octanol–water partition coefficient (Wildman–Crippen LogP) is 5.67. The molecule has 170 valence electrons. The van der Waals surface area contributed by atoms with Crippen LogP contribution >= 0.6 is 19.4 Å². The third kappa shape index (κ3) is 5.08. The molecule has 1 atom stereocenters. The molecular weight excluding hydrogens is 463 g/mol. The first-order chi connectivity index (χ1) is 15.9. The highest BCUT2D eigenvalue weighted by molar-refractivity contribution is 7.72. The van der Waals surface area contributed by atoms with Crippen LogP contribution in [0.25, 0.3) is 0 Å². The highest BCUT2D eigenvalue weighted by Gasteiger charge is 2.43. The van der Waals surface area contributed by atoms with Crippen molar-refractivity contribution < 1.29 is 28.4 Å². The van der Waals surface area contributed by atoms with Crippen molar-refractivity contribution in [3.05, 3.63) is 82.4 Å². The Labute approximate surface area is 198 Å². The molecule has 0 aliphatic heterocycles. The summed E-state index contributed by atoms with van der Waals surface area (Å²) in [6.45, 7) is 3.95. The maximum absolute atomic E-state index is 13.7. The summed E-state index contributed by atoms with van der Waals surface area (Å²) in [4.78, 5) is 26.6. The van der Waals surface area contributed by atoms with Crippen LogP contribution in [0.4, 0.5) is 0 Å². The molecule has 3 rings (SSSR count). The number of rotatable bonds is 10. The molecule has 6 nitrogen and oxygen atoms in total. The Hall–Kier alpha value is -3.21. The minimum atomic E-state index is -2.78. The molecule has 0 bridgehead atoms. The number of carbonyl (C=O) groups excluding carboxylic acids is 2. The van der Waals surface area contributed by atoms with E-state index in [1.54, 1.807) is 62.4 Å². The van der Waals surface area contributed by atoms with Gasteiger partial charge in [0.15, 0.2) is 17.3 Å². The smallest absolute Gasteiger partial charge is 0.466 e. The molecule has 3 aromatic carbocycles. The van der Waals surface area contributed by atoms with Crippen LogP contribution in [0.1, 0.15) is 40.1 Å². The van der Waals surface area contributed by atoms with Gasteiger partial charge in [-0.2, -0.15) is 0 Å². The molecule has 0 saturated heterocycles. The molecule has 8 heteroatoms. The van der Waals surface area contributed by atoms with Crippen LogP contribution in [0.3, 0.4) is 0 Å². The highest BCUT2D eigenvalue weighted by atomic mass is 35.5.